The lowest BCUT2D eigenvalue weighted by Crippen LogP contribution is -2.32. The van der Waals surface area contributed by atoms with Crippen molar-refractivity contribution < 1.29 is 13.2 Å². The first-order valence-corrected chi connectivity index (χ1v) is 8.44. The van der Waals surface area contributed by atoms with Gasteiger partial charge in [-0.2, -0.15) is 0 Å². The first-order valence-electron chi connectivity index (χ1n) is 6.72. The Morgan fingerprint density at radius 2 is 1.95 bits per heavy atom. The molecule has 0 aliphatic carbocycles. The first-order chi connectivity index (χ1) is 9.54. The molecule has 0 saturated carbocycles. The maximum absolute atomic E-state index is 12.4. The van der Waals surface area contributed by atoms with Crippen LogP contribution in [0.3, 0.4) is 0 Å². The summed E-state index contributed by atoms with van der Waals surface area (Å²) in [7, 11) is -3.21. The van der Waals surface area contributed by atoms with E-state index in [4.69, 9.17) is 0 Å². The molecule has 0 N–H and O–H groups in total. The van der Waals surface area contributed by atoms with Crippen LogP contribution >= 0.6 is 0 Å². The molecule has 4 nitrogen and oxygen atoms in total. The summed E-state index contributed by atoms with van der Waals surface area (Å²) in [6, 6.07) is 9.24. The van der Waals surface area contributed by atoms with E-state index in [2.05, 4.69) is 0 Å². The molecule has 108 valence electrons. The lowest BCUT2D eigenvalue weighted by molar-refractivity contribution is -0.125. The Hall–Kier alpha value is -1.62. The molecule has 1 aliphatic rings. The maximum atomic E-state index is 12.4. The largest absolute Gasteiger partial charge is 0.338 e. The van der Waals surface area contributed by atoms with Crippen molar-refractivity contribution in [2.75, 3.05) is 18.8 Å². The molecule has 0 bridgehead atoms. The van der Waals surface area contributed by atoms with Gasteiger partial charge in [0.15, 0.2) is 9.84 Å². The van der Waals surface area contributed by atoms with Crippen LogP contribution in [0.15, 0.2) is 42.5 Å². The van der Waals surface area contributed by atoms with Gasteiger partial charge in [-0.3, -0.25) is 4.79 Å². The van der Waals surface area contributed by atoms with Crippen molar-refractivity contribution in [3.05, 3.63) is 48.0 Å². The van der Waals surface area contributed by atoms with Crippen LogP contribution in [0.4, 0.5) is 0 Å². The van der Waals surface area contributed by atoms with E-state index in [0.717, 1.165) is 5.56 Å². The second kappa shape index (κ2) is 6.22. The Labute approximate surface area is 120 Å². The summed E-state index contributed by atoms with van der Waals surface area (Å²) in [6.07, 6.45) is 3.61. The lowest BCUT2D eigenvalue weighted by Gasteiger charge is -2.18. The van der Waals surface area contributed by atoms with E-state index < -0.39 is 15.1 Å². The number of sulfone groups is 1. The van der Waals surface area contributed by atoms with Gasteiger partial charge in [0.05, 0.1) is 11.0 Å². The number of nitrogens with zero attached hydrogens (tertiary/aromatic N) is 1. The van der Waals surface area contributed by atoms with Crippen LogP contribution in [0.25, 0.3) is 0 Å². The SMILES string of the molecule is C/C=C/C(=O)N1CC[C@H](c2ccccc2)S(=O)(=O)CC1. The summed E-state index contributed by atoms with van der Waals surface area (Å²) in [5, 5.41) is -0.507. The Kier molecular flexibility index (Phi) is 4.60. The standard InChI is InChI=1S/C15H19NO3S/c1-2-6-15(17)16-10-9-14(20(18,19)12-11-16)13-7-4-3-5-8-13/h2-8,14H,9-12H2,1H3/b6-2+/t14-/m1/s1. The molecular weight excluding hydrogens is 274 g/mol. The molecule has 1 saturated heterocycles. The van der Waals surface area contributed by atoms with Crippen molar-refractivity contribution in [1.82, 2.24) is 4.90 Å². The second-order valence-corrected chi connectivity index (χ2v) is 7.18. The molecule has 20 heavy (non-hydrogen) atoms. The Morgan fingerprint density at radius 1 is 1.25 bits per heavy atom. The number of carbonyl (C=O) groups is 1. The number of amides is 1. The molecule has 1 fully saturated rings. The van der Waals surface area contributed by atoms with Gasteiger partial charge in [0.1, 0.15) is 0 Å². The summed E-state index contributed by atoms with van der Waals surface area (Å²) >= 11 is 0. The molecule has 1 atom stereocenters. The van der Waals surface area contributed by atoms with Crippen LogP contribution in [0.2, 0.25) is 0 Å². The number of carbonyl (C=O) groups excluding carboxylic acids is 1. The van der Waals surface area contributed by atoms with E-state index in [1.54, 1.807) is 17.9 Å². The molecule has 1 aliphatic heterocycles. The highest BCUT2D eigenvalue weighted by atomic mass is 32.2. The predicted octanol–water partition coefficient (Wildman–Crippen LogP) is 1.95. The van der Waals surface area contributed by atoms with Gasteiger partial charge in [0.2, 0.25) is 5.91 Å². The van der Waals surface area contributed by atoms with E-state index in [9.17, 15) is 13.2 Å². The smallest absolute Gasteiger partial charge is 0.246 e. The molecule has 0 radical (unpaired) electrons. The number of allylic oxidation sites excluding steroid dienone is 1. The summed E-state index contributed by atoms with van der Waals surface area (Å²) in [6.45, 7) is 2.52. The normalized spacial score (nSPS) is 22.6. The quantitative estimate of drug-likeness (QED) is 0.783. The van der Waals surface area contributed by atoms with Gasteiger partial charge in [-0.25, -0.2) is 8.42 Å². The van der Waals surface area contributed by atoms with Gasteiger partial charge in [0, 0.05) is 13.1 Å². The summed E-state index contributed by atoms with van der Waals surface area (Å²) < 4.78 is 24.7. The van der Waals surface area contributed by atoms with E-state index in [-0.39, 0.29) is 18.2 Å². The van der Waals surface area contributed by atoms with Crippen LogP contribution in [0, 0.1) is 0 Å². The Balaban J connectivity index is 2.22. The van der Waals surface area contributed by atoms with Crippen molar-refractivity contribution >= 4 is 15.7 Å². The molecule has 1 aromatic rings. The molecule has 0 aromatic heterocycles. The second-order valence-electron chi connectivity index (χ2n) is 4.88. The molecule has 1 aromatic carbocycles. The summed E-state index contributed by atoms with van der Waals surface area (Å²) in [4.78, 5) is 13.5. The van der Waals surface area contributed by atoms with Gasteiger partial charge in [-0.1, -0.05) is 36.4 Å². The van der Waals surface area contributed by atoms with Crippen LogP contribution in [0.5, 0.6) is 0 Å². The average Bonchev–Trinajstić information content (AvgIpc) is 2.58. The molecule has 0 spiro atoms. The van der Waals surface area contributed by atoms with Crippen molar-refractivity contribution in [3.63, 3.8) is 0 Å². The van der Waals surface area contributed by atoms with Gasteiger partial charge in [-0.05, 0) is 25.0 Å². The molecule has 2 rings (SSSR count). The average molecular weight is 293 g/mol. The van der Waals surface area contributed by atoms with E-state index >= 15 is 0 Å². The molecule has 0 unspecified atom stereocenters. The van der Waals surface area contributed by atoms with Gasteiger partial charge in [-0.15, -0.1) is 0 Å². The Morgan fingerprint density at radius 3 is 2.60 bits per heavy atom. The van der Waals surface area contributed by atoms with Crippen molar-refractivity contribution in [1.29, 1.82) is 0 Å². The Bertz CT molecular complexity index is 593. The minimum atomic E-state index is -3.21. The summed E-state index contributed by atoms with van der Waals surface area (Å²) in [5.74, 6) is -0.0908. The van der Waals surface area contributed by atoms with E-state index in [0.29, 0.717) is 13.0 Å². The highest BCUT2D eigenvalue weighted by molar-refractivity contribution is 7.91. The van der Waals surface area contributed by atoms with Crippen LogP contribution < -0.4 is 0 Å². The number of hydrogen-bond acceptors (Lipinski definition) is 3. The number of hydrogen-bond donors (Lipinski definition) is 0. The fourth-order valence-corrected chi connectivity index (χ4v) is 4.25. The minimum absolute atomic E-state index is 0.0237. The van der Waals surface area contributed by atoms with Gasteiger partial charge < -0.3 is 4.90 Å². The number of rotatable bonds is 2. The van der Waals surface area contributed by atoms with E-state index in [1.807, 2.05) is 30.3 Å². The molecule has 1 heterocycles. The zero-order valence-electron chi connectivity index (χ0n) is 11.5. The van der Waals surface area contributed by atoms with Crippen LogP contribution in [-0.2, 0) is 14.6 Å². The highest BCUT2D eigenvalue weighted by Crippen LogP contribution is 2.29. The van der Waals surface area contributed by atoms with Crippen LogP contribution in [0.1, 0.15) is 24.2 Å². The maximum Gasteiger partial charge on any atom is 0.246 e. The van der Waals surface area contributed by atoms with Crippen LogP contribution in [-0.4, -0.2) is 38.1 Å². The molecular formula is C15H19NO3S. The van der Waals surface area contributed by atoms with E-state index in [1.165, 1.54) is 6.08 Å². The third-order valence-electron chi connectivity index (χ3n) is 3.53. The fraction of sp³-hybridized carbons (Fsp3) is 0.400. The number of benzene rings is 1. The topological polar surface area (TPSA) is 54.5 Å². The lowest BCUT2D eigenvalue weighted by atomic mass is 10.1. The molecule has 5 heteroatoms. The zero-order chi connectivity index (χ0) is 14.6. The molecule has 1 amide bonds. The van der Waals surface area contributed by atoms with Gasteiger partial charge in [0.25, 0.3) is 0 Å². The summed E-state index contributed by atoms with van der Waals surface area (Å²) in [5.41, 5.74) is 0.813. The van der Waals surface area contributed by atoms with Crippen molar-refractivity contribution in [2.24, 2.45) is 0 Å². The van der Waals surface area contributed by atoms with Gasteiger partial charge >= 0.3 is 0 Å². The predicted molar refractivity (Wildman–Crippen MR) is 79.0 cm³/mol. The fourth-order valence-electron chi connectivity index (χ4n) is 2.45. The highest BCUT2D eigenvalue weighted by Gasteiger charge is 2.31. The third kappa shape index (κ3) is 3.28. The monoisotopic (exact) mass is 293 g/mol. The van der Waals surface area contributed by atoms with Crippen molar-refractivity contribution in [2.45, 2.75) is 18.6 Å². The minimum Gasteiger partial charge on any atom is -0.338 e. The van der Waals surface area contributed by atoms with Crippen molar-refractivity contribution in [3.8, 4) is 0 Å². The zero-order valence-corrected chi connectivity index (χ0v) is 12.3. The first kappa shape index (κ1) is 14.8. The third-order valence-corrected chi connectivity index (χ3v) is 5.66.